The van der Waals surface area contributed by atoms with Gasteiger partial charge in [0.15, 0.2) is 0 Å². The summed E-state index contributed by atoms with van der Waals surface area (Å²) in [7, 11) is 0. The summed E-state index contributed by atoms with van der Waals surface area (Å²) in [5.74, 6) is 0.773. The fourth-order valence-electron chi connectivity index (χ4n) is 2.97. The number of aromatic nitrogens is 2. The van der Waals surface area contributed by atoms with Gasteiger partial charge >= 0.3 is 0 Å². The Morgan fingerprint density at radius 2 is 2.32 bits per heavy atom. The van der Waals surface area contributed by atoms with Crippen molar-refractivity contribution in [1.29, 1.82) is 0 Å². The monoisotopic (exact) mass is 299 g/mol. The lowest BCUT2D eigenvalue weighted by molar-refractivity contribution is 0.0631. The summed E-state index contributed by atoms with van der Waals surface area (Å²) in [6.07, 6.45) is 5.68. The molecule has 1 aliphatic rings. The third kappa shape index (κ3) is 3.35. The van der Waals surface area contributed by atoms with E-state index in [0.29, 0.717) is 11.7 Å². The first kappa shape index (κ1) is 14.8. The van der Waals surface area contributed by atoms with Gasteiger partial charge in [0.25, 0.3) is 5.91 Å². The molecule has 22 heavy (non-hydrogen) atoms. The van der Waals surface area contributed by atoms with E-state index in [4.69, 9.17) is 4.52 Å². The van der Waals surface area contributed by atoms with E-state index in [1.165, 1.54) is 0 Å². The van der Waals surface area contributed by atoms with Crippen molar-refractivity contribution in [2.24, 2.45) is 5.92 Å². The van der Waals surface area contributed by atoms with Crippen LogP contribution in [-0.2, 0) is 12.8 Å². The van der Waals surface area contributed by atoms with Crippen LogP contribution in [0.1, 0.15) is 41.7 Å². The standard InChI is InChI=1S/C17H21N3O2/c1-2-14-11-16(22-19-14)17(21)20-9-5-6-13(12-20)10-15-7-3-4-8-18-15/h3-4,7-8,11,13H,2,5-6,9-10,12H2,1H3/t13-/m1/s1. The normalized spacial score (nSPS) is 18.4. The Labute approximate surface area is 130 Å². The van der Waals surface area contributed by atoms with Crippen LogP contribution in [0.5, 0.6) is 0 Å². The smallest absolute Gasteiger partial charge is 0.292 e. The summed E-state index contributed by atoms with van der Waals surface area (Å²) in [5.41, 5.74) is 1.92. The average Bonchev–Trinajstić information content (AvgIpc) is 3.04. The fraction of sp³-hybridized carbons (Fsp3) is 0.471. The maximum atomic E-state index is 12.5. The first-order chi connectivity index (χ1) is 10.8. The van der Waals surface area contributed by atoms with Crippen molar-refractivity contribution in [1.82, 2.24) is 15.0 Å². The van der Waals surface area contributed by atoms with Gasteiger partial charge in [0.05, 0.1) is 5.69 Å². The number of pyridine rings is 1. The van der Waals surface area contributed by atoms with E-state index in [-0.39, 0.29) is 5.91 Å². The molecule has 0 spiro atoms. The summed E-state index contributed by atoms with van der Waals surface area (Å²) in [6.45, 7) is 3.55. The molecule has 0 N–H and O–H groups in total. The lowest BCUT2D eigenvalue weighted by Gasteiger charge is -2.32. The predicted molar refractivity (Wildman–Crippen MR) is 82.4 cm³/mol. The van der Waals surface area contributed by atoms with Gasteiger partial charge in [-0.1, -0.05) is 18.1 Å². The molecule has 3 heterocycles. The van der Waals surface area contributed by atoms with Crippen LogP contribution < -0.4 is 0 Å². The van der Waals surface area contributed by atoms with Crippen LogP contribution in [0.25, 0.3) is 0 Å². The predicted octanol–water partition coefficient (Wildman–Crippen LogP) is 2.73. The highest BCUT2D eigenvalue weighted by molar-refractivity contribution is 5.91. The third-order valence-corrected chi connectivity index (χ3v) is 4.16. The second-order valence-electron chi connectivity index (χ2n) is 5.82. The van der Waals surface area contributed by atoms with E-state index < -0.39 is 0 Å². The van der Waals surface area contributed by atoms with Gasteiger partial charge in [-0.15, -0.1) is 0 Å². The SMILES string of the molecule is CCc1cc(C(=O)N2CCC[C@H](Cc3ccccn3)C2)on1. The molecule has 1 amide bonds. The summed E-state index contributed by atoms with van der Waals surface area (Å²) in [6, 6.07) is 7.74. The maximum Gasteiger partial charge on any atom is 0.292 e. The first-order valence-electron chi connectivity index (χ1n) is 7.91. The lowest BCUT2D eigenvalue weighted by atomic mass is 9.93. The van der Waals surface area contributed by atoms with Crippen molar-refractivity contribution in [3.63, 3.8) is 0 Å². The van der Waals surface area contributed by atoms with Gasteiger partial charge in [0.1, 0.15) is 0 Å². The van der Waals surface area contributed by atoms with E-state index in [9.17, 15) is 4.79 Å². The Bertz CT molecular complexity index is 624. The number of likely N-dealkylation sites (tertiary alicyclic amines) is 1. The number of amides is 1. The van der Waals surface area contributed by atoms with E-state index in [2.05, 4.69) is 10.1 Å². The lowest BCUT2D eigenvalue weighted by Crippen LogP contribution is -2.40. The van der Waals surface area contributed by atoms with E-state index in [1.807, 2.05) is 36.2 Å². The maximum absolute atomic E-state index is 12.5. The molecule has 2 aromatic heterocycles. The van der Waals surface area contributed by atoms with Crippen LogP contribution in [-0.4, -0.2) is 34.0 Å². The second kappa shape index (κ2) is 6.73. The summed E-state index contributed by atoms with van der Waals surface area (Å²) >= 11 is 0. The fourth-order valence-corrected chi connectivity index (χ4v) is 2.97. The summed E-state index contributed by atoms with van der Waals surface area (Å²) < 4.78 is 5.17. The molecule has 0 unspecified atom stereocenters. The van der Waals surface area contributed by atoms with Crippen molar-refractivity contribution in [2.75, 3.05) is 13.1 Å². The second-order valence-corrected chi connectivity index (χ2v) is 5.82. The number of aryl methyl sites for hydroxylation is 1. The van der Waals surface area contributed by atoms with Crippen LogP contribution >= 0.6 is 0 Å². The Morgan fingerprint density at radius 3 is 3.05 bits per heavy atom. The van der Waals surface area contributed by atoms with E-state index in [1.54, 1.807) is 6.07 Å². The molecule has 5 heteroatoms. The number of carbonyl (C=O) groups excluding carboxylic acids is 1. The van der Waals surface area contributed by atoms with Gasteiger partial charge in [-0.05, 0) is 43.7 Å². The van der Waals surface area contributed by atoms with Gasteiger partial charge in [-0.3, -0.25) is 9.78 Å². The van der Waals surface area contributed by atoms with Crippen molar-refractivity contribution >= 4 is 5.91 Å². The van der Waals surface area contributed by atoms with Crippen molar-refractivity contribution in [2.45, 2.75) is 32.6 Å². The molecular formula is C17H21N3O2. The van der Waals surface area contributed by atoms with E-state index in [0.717, 1.165) is 50.2 Å². The van der Waals surface area contributed by atoms with Crippen molar-refractivity contribution in [3.05, 3.63) is 47.6 Å². The number of piperidine rings is 1. The molecule has 1 fully saturated rings. The topological polar surface area (TPSA) is 59.2 Å². The number of carbonyl (C=O) groups is 1. The minimum Gasteiger partial charge on any atom is -0.351 e. The largest absolute Gasteiger partial charge is 0.351 e. The molecule has 1 saturated heterocycles. The van der Waals surface area contributed by atoms with E-state index >= 15 is 0 Å². The number of hydrogen-bond donors (Lipinski definition) is 0. The van der Waals surface area contributed by atoms with Gasteiger partial charge < -0.3 is 9.42 Å². The molecule has 116 valence electrons. The zero-order chi connectivity index (χ0) is 15.4. The van der Waals surface area contributed by atoms with Gasteiger partial charge in [-0.2, -0.15) is 0 Å². The Morgan fingerprint density at radius 1 is 1.41 bits per heavy atom. The highest BCUT2D eigenvalue weighted by Gasteiger charge is 2.27. The zero-order valence-corrected chi connectivity index (χ0v) is 12.9. The quantitative estimate of drug-likeness (QED) is 0.871. The Hall–Kier alpha value is -2.17. The number of nitrogens with zero attached hydrogens (tertiary/aromatic N) is 3. The van der Waals surface area contributed by atoms with Crippen molar-refractivity contribution in [3.8, 4) is 0 Å². The molecule has 1 aliphatic heterocycles. The van der Waals surface area contributed by atoms with Crippen LogP contribution in [0.2, 0.25) is 0 Å². The minimum atomic E-state index is -0.0436. The van der Waals surface area contributed by atoms with Crippen molar-refractivity contribution < 1.29 is 9.32 Å². The highest BCUT2D eigenvalue weighted by Crippen LogP contribution is 2.22. The van der Waals surface area contributed by atoms with Crippen LogP contribution in [0.4, 0.5) is 0 Å². The highest BCUT2D eigenvalue weighted by atomic mass is 16.5. The van der Waals surface area contributed by atoms with Gasteiger partial charge in [0, 0.05) is 31.0 Å². The molecule has 0 aromatic carbocycles. The molecular weight excluding hydrogens is 278 g/mol. The molecule has 5 nitrogen and oxygen atoms in total. The third-order valence-electron chi connectivity index (χ3n) is 4.16. The van der Waals surface area contributed by atoms with Crippen LogP contribution in [0, 0.1) is 5.92 Å². The first-order valence-corrected chi connectivity index (χ1v) is 7.91. The number of hydrogen-bond acceptors (Lipinski definition) is 4. The molecule has 0 saturated carbocycles. The summed E-state index contributed by atoms with van der Waals surface area (Å²) in [4.78, 5) is 18.8. The molecule has 3 rings (SSSR count). The average molecular weight is 299 g/mol. The molecule has 0 bridgehead atoms. The molecule has 0 aliphatic carbocycles. The van der Waals surface area contributed by atoms with Gasteiger partial charge in [-0.25, -0.2) is 0 Å². The van der Waals surface area contributed by atoms with Gasteiger partial charge in [0.2, 0.25) is 5.76 Å². The molecule has 0 radical (unpaired) electrons. The van der Waals surface area contributed by atoms with Crippen LogP contribution in [0.15, 0.2) is 35.0 Å². The minimum absolute atomic E-state index is 0.0436. The Balaban J connectivity index is 1.63. The van der Waals surface area contributed by atoms with Crippen LogP contribution in [0.3, 0.4) is 0 Å². The zero-order valence-electron chi connectivity index (χ0n) is 12.9. The summed E-state index contributed by atoms with van der Waals surface area (Å²) in [5, 5.41) is 3.90. The Kier molecular flexibility index (Phi) is 4.51. The number of rotatable bonds is 4. The molecule has 2 aromatic rings. The molecule has 1 atom stereocenters.